The smallest absolute Gasteiger partial charge is 0.258 e. The molecular formula is C20H25ClN2O3. The van der Waals surface area contributed by atoms with Crippen LogP contribution in [-0.2, 0) is 11.4 Å². The quantitative estimate of drug-likeness (QED) is 0.780. The van der Waals surface area contributed by atoms with Crippen molar-refractivity contribution in [2.45, 2.75) is 25.5 Å². The molecule has 1 aliphatic rings. The fraction of sp³-hybridized carbons (Fsp3) is 0.350. The third kappa shape index (κ3) is 6.24. The Bertz CT molecular complexity index is 676. The molecule has 1 heterocycles. The molecule has 1 fully saturated rings. The normalized spacial score (nSPS) is 16.2. The zero-order valence-corrected chi connectivity index (χ0v) is 15.5. The molecule has 0 aliphatic carbocycles. The van der Waals surface area contributed by atoms with Crippen LogP contribution < -0.4 is 20.1 Å². The molecule has 0 radical (unpaired) electrons. The molecule has 0 spiro atoms. The third-order valence-electron chi connectivity index (χ3n) is 4.11. The van der Waals surface area contributed by atoms with Gasteiger partial charge in [0.1, 0.15) is 6.61 Å². The van der Waals surface area contributed by atoms with Gasteiger partial charge in [-0.15, -0.1) is 12.4 Å². The van der Waals surface area contributed by atoms with Crippen molar-refractivity contribution in [3.8, 4) is 11.5 Å². The minimum Gasteiger partial charge on any atom is -0.485 e. The zero-order chi connectivity index (χ0) is 17.3. The molecule has 0 aromatic heterocycles. The van der Waals surface area contributed by atoms with Crippen molar-refractivity contribution in [3.05, 3.63) is 60.2 Å². The molecule has 3 rings (SSSR count). The average molecular weight is 377 g/mol. The maximum atomic E-state index is 12.1. The maximum absolute atomic E-state index is 12.1. The number of benzene rings is 2. The monoisotopic (exact) mass is 376 g/mol. The lowest BCUT2D eigenvalue weighted by atomic mass is 10.1. The highest BCUT2D eigenvalue weighted by atomic mass is 35.5. The zero-order valence-electron chi connectivity index (χ0n) is 14.6. The first kappa shape index (κ1) is 20.1. The second kappa shape index (κ2) is 10.7. The molecule has 1 saturated heterocycles. The van der Waals surface area contributed by atoms with E-state index in [-0.39, 0.29) is 31.0 Å². The van der Waals surface area contributed by atoms with Gasteiger partial charge < -0.3 is 20.1 Å². The SMILES string of the molecule is Cl.O=C(COc1ccccc1OCc1ccccc1)NC1CCCNC1. The average Bonchev–Trinajstić information content (AvgIpc) is 2.67. The minimum absolute atomic E-state index is 0. The number of piperidine rings is 1. The van der Waals surface area contributed by atoms with Crippen molar-refractivity contribution in [1.29, 1.82) is 0 Å². The number of hydrogen-bond acceptors (Lipinski definition) is 4. The van der Waals surface area contributed by atoms with Crippen LogP contribution >= 0.6 is 12.4 Å². The fourth-order valence-electron chi connectivity index (χ4n) is 2.81. The summed E-state index contributed by atoms with van der Waals surface area (Å²) in [5, 5.41) is 6.28. The molecule has 2 aromatic carbocycles. The fourth-order valence-corrected chi connectivity index (χ4v) is 2.81. The van der Waals surface area contributed by atoms with Crippen molar-refractivity contribution >= 4 is 18.3 Å². The summed E-state index contributed by atoms with van der Waals surface area (Å²) in [4.78, 5) is 12.1. The van der Waals surface area contributed by atoms with Crippen LogP contribution in [-0.4, -0.2) is 31.6 Å². The largest absolute Gasteiger partial charge is 0.485 e. The topological polar surface area (TPSA) is 59.6 Å². The summed E-state index contributed by atoms with van der Waals surface area (Å²) < 4.78 is 11.5. The van der Waals surface area contributed by atoms with E-state index in [0.29, 0.717) is 18.1 Å². The van der Waals surface area contributed by atoms with E-state index in [2.05, 4.69) is 10.6 Å². The van der Waals surface area contributed by atoms with Gasteiger partial charge in [-0.05, 0) is 37.1 Å². The molecule has 5 nitrogen and oxygen atoms in total. The minimum atomic E-state index is -0.105. The van der Waals surface area contributed by atoms with Gasteiger partial charge in [-0.2, -0.15) is 0 Å². The van der Waals surface area contributed by atoms with Gasteiger partial charge in [0.05, 0.1) is 0 Å². The van der Waals surface area contributed by atoms with Crippen LogP contribution in [0.3, 0.4) is 0 Å². The molecule has 6 heteroatoms. The van der Waals surface area contributed by atoms with Crippen molar-refractivity contribution in [1.82, 2.24) is 10.6 Å². The Morgan fingerprint density at radius 1 is 1.04 bits per heavy atom. The van der Waals surface area contributed by atoms with Gasteiger partial charge in [0.15, 0.2) is 18.1 Å². The molecule has 0 bridgehead atoms. The van der Waals surface area contributed by atoms with Crippen molar-refractivity contribution < 1.29 is 14.3 Å². The number of carbonyl (C=O) groups is 1. The predicted octanol–water partition coefficient (Wildman–Crippen LogP) is 2.93. The van der Waals surface area contributed by atoms with Crippen LogP contribution in [0.4, 0.5) is 0 Å². The van der Waals surface area contributed by atoms with Crippen molar-refractivity contribution in [2.24, 2.45) is 0 Å². The van der Waals surface area contributed by atoms with Gasteiger partial charge in [0.2, 0.25) is 0 Å². The van der Waals surface area contributed by atoms with Crippen LogP contribution in [0.25, 0.3) is 0 Å². The molecule has 1 atom stereocenters. The highest BCUT2D eigenvalue weighted by Gasteiger charge is 2.16. The highest BCUT2D eigenvalue weighted by Crippen LogP contribution is 2.27. The lowest BCUT2D eigenvalue weighted by Gasteiger charge is -2.23. The summed E-state index contributed by atoms with van der Waals surface area (Å²) in [6.45, 7) is 2.29. The Balaban J connectivity index is 0.00000243. The van der Waals surface area contributed by atoms with Crippen LogP contribution in [0.15, 0.2) is 54.6 Å². The second-order valence-electron chi connectivity index (χ2n) is 6.12. The number of para-hydroxylation sites is 2. The van der Waals surface area contributed by atoms with E-state index in [1.807, 2.05) is 54.6 Å². The predicted molar refractivity (Wildman–Crippen MR) is 104 cm³/mol. The molecule has 2 N–H and O–H groups in total. The number of ether oxygens (including phenoxy) is 2. The first-order valence-corrected chi connectivity index (χ1v) is 8.70. The maximum Gasteiger partial charge on any atom is 0.258 e. The summed E-state index contributed by atoms with van der Waals surface area (Å²) in [5.74, 6) is 1.11. The first-order chi connectivity index (χ1) is 12.3. The summed E-state index contributed by atoms with van der Waals surface area (Å²) in [6, 6.07) is 17.6. The number of hydrogen-bond donors (Lipinski definition) is 2. The number of nitrogens with one attached hydrogen (secondary N) is 2. The molecule has 0 saturated carbocycles. The number of halogens is 1. The lowest BCUT2D eigenvalue weighted by molar-refractivity contribution is -0.123. The molecule has 140 valence electrons. The van der Waals surface area contributed by atoms with E-state index in [9.17, 15) is 4.79 Å². The Kier molecular flexibility index (Phi) is 8.25. The van der Waals surface area contributed by atoms with Gasteiger partial charge in [0.25, 0.3) is 5.91 Å². The summed E-state index contributed by atoms with van der Waals surface area (Å²) >= 11 is 0. The standard InChI is InChI=1S/C20H24N2O3.ClH/c23-20(22-17-9-6-12-21-13-17)15-25-19-11-5-4-10-18(19)24-14-16-7-2-1-3-8-16;/h1-5,7-8,10-11,17,21H,6,9,12-15H2,(H,22,23);1H. The van der Waals surface area contributed by atoms with Crippen LogP contribution in [0.5, 0.6) is 11.5 Å². The van der Waals surface area contributed by atoms with Gasteiger partial charge >= 0.3 is 0 Å². The Labute approximate surface area is 160 Å². The highest BCUT2D eigenvalue weighted by molar-refractivity contribution is 5.85. The van der Waals surface area contributed by atoms with E-state index in [4.69, 9.17) is 9.47 Å². The van der Waals surface area contributed by atoms with Crippen molar-refractivity contribution in [3.63, 3.8) is 0 Å². The summed E-state index contributed by atoms with van der Waals surface area (Å²) in [5.41, 5.74) is 1.08. The third-order valence-corrected chi connectivity index (χ3v) is 4.11. The molecule has 1 aliphatic heterocycles. The van der Waals surface area contributed by atoms with Gasteiger partial charge in [0, 0.05) is 12.6 Å². The van der Waals surface area contributed by atoms with Gasteiger partial charge in [-0.25, -0.2) is 0 Å². The van der Waals surface area contributed by atoms with E-state index in [1.165, 1.54) is 0 Å². The molecule has 2 aromatic rings. The van der Waals surface area contributed by atoms with E-state index < -0.39 is 0 Å². The molecule has 26 heavy (non-hydrogen) atoms. The van der Waals surface area contributed by atoms with E-state index in [0.717, 1.165) is 31.5 Å². The number of rotatable bonds is 7. The summed E-state index contributed by atoms with van der Waals surface area (Å²) in [7, 11) is 0. The van der Waals surface area contributed by atoms with Crippen LogP contribution in [0, 0.1) is 0 Å². The van der Waals surface area contributed by atoms with Crippen LogP contribution in [0.1, 0.15) is 18.4 Å². The Morgan fingerprint density at radius 2 is 1.73 bits per heavy atom. The second-order valence-corrected chi connectivity index (χ2v) is 6.12. The number of amides is 1. The first-order valence-electron chi connectivity index (χ1n) is 8.70. The molecule has 1 amide bonds. The van der Waals surface area contributed by atoms with E-state index in [1.54, 1.807) is 0 Å². The van der Waals surface area contributed by atoms with Gasteiger partial charge in [-0.3, -0.25) is 4.79 Å². The van der Waals surface area contributed by atoms with Gasteiger partial charge in [-0.1, -0.05) is 42.5 Å². The summed E-state index contributed by atoms with van der Waals surface area (Å²) in [6.07, 6.45) is 2.09. The van der Waals surface area contributed by atoms with Crippen molar-refractivity contribution in [2.75, 3.05) is 19.7 Å². The number of carbonyl (C=O) groups excluding carboxylic acids is 1. The molecular weight excluding hydrogens is 352 g/mol. The lowest BCUT2D eigenvalue weighted by Crippen LogP contribution is -2.47. The molecule has 1 unspecified atom stereocenters. The van der Waals surface area contributed by atoms with E-state index >= 15 is 0 Å². The van der Waals surface area contributed by atoms with Crippen LogP contribution in [0.2, 0.25) is 0 Å². The Morgan fingerprint density at radius 3 is 2.42 bits per heavy atom. The Hall–Kier alpha value is -2.24.